The molecule has 0 amide bonds. The summed E-state index contributed by atoms with van der Waals surface area (Å²) in [6, 6.07) is 0.871. The third kappa shape index (κ3) is 7.66. The number of carbonyl (C=O) groups is 5. The molecule has 0 aliphatic rings. The third-order valence-corrected chi connectivity index (χ3v) is 4.04. The SMILES string of the molecule is C=CCOC(=O)c1cc(C(=O)OCC=C)c(C(=O)OCC=C)c(C(=O)OCC=C)c1C(=O)OCC=C. The molecule has 0 radical (unpaired) electrons. The van der Waals surface area contributed by atoms with Gasteiger partial charge in [0, 0.05) is 0 Å². The predicted octanol–water partition coefficient (Wildman–Crippen LogP) is 3.40. The molecule has 0 aromatic heterocycles. The summed E-state index contributed by atoms with van der Waals surface area (Å²) in [6.07, 6.45) is 6.22. The van der Waals surface area contributed by atoms with Gasteiger partial charge in [-0.3, -0.25) is 0 Å². The van der Waals surface area contributed by atoms with Gasteiger partial charge in [-0.25, -0.2) is 24.0 Å². The van der Waals surface area contributed by atoms with Gasteiger partial charge < -0.3 is 23.7 Å². The van der Waals surface area contributed by atoms with Gasteiger partial charge in [0.15, 0.2) is 0 Å². The Balaban J connectivity index is 4.15. The first-order valence-corrected chi connectivity index (χ1v) is 10.4. The number of hydrogen-bond acceptors (Lipinski definition) is 10. The van der Waals surface area contributed by atoms with Crippen LogP contribution in [0.25, 0.3) is 0 Å². The average molecular weight is 498 g/mol. The van der Waals surface area contributed by atoms with E-state index in [0.717, 1.165) is 6.07 Å². The average Bonchev–Trinajstić information content (AvgIpc) is 2.89. The van der Waals surface area contributed by atoms with E-state index in [2.05, 4.69) is 32.9 Å². The van der Waals surface area contributed by atoms with E-state index in [-0.39, 0.29) is 33.0 Å². The normalized spacial score (nSPS) is 9.67. The van der Waals surface area contributed by atoms with Crippen LogP contribution < -0.4 is 0 Å². The maximum absolute atomic E-state index is 13.1. The molecule has 0 spiro atoms. The molecule has 1 aromatic carbocycles. The Morgan fingerprint density at radius 2 is 0.722 bits per heavy atom. The van der Waals surface area contributed by atoms with Gasteiger partial charge in [-0.2, -0.15) is 0 Å². The molecular weight excluding hydrogens is 472 g/mol. The molecule has 0 fully saturated rings. The highest BCUT2D eigenvalue weighted by Gasteiger charge is 2.37. The van der Waals surface area contributed by atoms with Crippen molar-refractivity contribution >= 4 is 29.8 Å². The Morgan fingerprint density at radius 3 is 1.00 bits per heavy atom. The quantitative estimate of drug-likeness (QED) is 0.201. The van der Waals surface area contributed by atoms with Crippen LogP contribution in [0.3, 0.4) is 0 Å². The first-order valence-electron chi connectivity index (χ1n) is 10.4. The molecule has 0 saturated carbocycles. The van der Waals surface area contributed by atoms with Crippen LogP contribution in [0.2, 0.25) is 0 Å². The number of hydrogen-bond donors (Lipinski definition) is 0. The summed E-state index contributed by atoms with van der Waals surface area (Å²) in [5, 5.41) is 0. The molecule has 1 aromatic rings. The maximum Gasteiger partial charge on any atom is 0.340 e. The molecule has 0 N–H and O–H groups in total. The van der Waals surface area contributed by atoms with Crippen molar-refractivity contribution < 1.29 is 47.7 Å². The highest BCUT2D eigenvalue weighted by atomic mass is 16.6. The van der Waals surface area contributed by atoms with E-state index in [9.17, 15) is 24.0 Å². The minimum Gasteiger partial charge on any atom is -0.458 e. The van der Waals surface area contributed by atoms with Crippen molar-refractivity contribution in [1.29, 1.82) is 0 Å². The van der Waals surface area contributed by atoms with Gasteiger partial charge in [-0.05, 0) is 6.07 Å². The summed E-state index contributed by atoms with van der Waals surface area (Å²) >= 11 is 0. The Morgan fingerprint density at radius 1 is 0.472 bits per heavy atom. The van der Waals surface area contributed by atoms with Crippen molar-refractivity contribution in [3.8, 4) is 0 Å². The van der Waals surface area contributed by atoms with Gasteiger partial charge in [-0.15, -0.1) is 0 Å². The van der Waals surface area contributed by atoms with Gasteiger partial charge in [0.25, 0.3) is 0 Å². The lowest BCUT2D eigenvalue weighted by Crippen LogP contribution is -2.27. The molecule has 36 heavy (non-hydrogen) atoms. The second kappa shape index (κ2) is 15.2. The van der Waals surface area contributed by atoms with Crippen LogP contribution in [0.4, 0.5) is 0 Å². The smallest absolute Gasteiger partial charge is 0.340 e. The molecular formula is C26H26O10. The van der Waals surface area contributed by atoms with E-state index in [4.69, 9.17) is 23.7 Å². The predicted molar refractivity (Wildman–Crippen MR) is 129 cm³/mol. The Labute approximate surface area is 208 Å². The molecule has 1 rings (SSSR count). The van der Waals surface area contributed by atoms with E-state index >= 15 is 0 Å². The summed E-state index contributed by atoms with van der Waals surface area (Å²) in [6.45, 7) is 15.7. The number of esters is 5. The molecule has 0 aliphatic heterocycles. The van der Waals surface area contributed by atoms with Crippen LogP contribution >= 0.6 is 0 Å². The largest absolute Gasteiger partial charge is 0.458 e. The number of carbonyl (C=O) groups excluding carboxylic acids is 5. The monoisotopic (exact) mass is 498 g/mol. The van der Waals surface area contributed by atoms with E-state index in [0.29, 0.717) is 0 Å². The topological polar surface area (TPSA) is 132 Å². The first-order chi connectivity index (χ1) is 17.3. The molecule has 0 atom stereocenters. The summed E-state index contributed by atoms with van der Waals surface area (Å²) in [4.78, 5) is 64.9. The van der Waals surface area contributed by atoms with Crippen molar-refractivity contribution in [2.75, 3.05) is 33.0 Å². The number of ether oxygens (including phenoxy) is 5. The van der Waals surface area contributed by atoms with Gasteiger partial charge in [0.1, 0.15) is 33.0 Å². The van der Waals surface area contributed by atoms with Crippen LogP contribution in [-0.2, 0) is 23.7 Å². The van der Waals surface area contributed by atoms with Crippen molar-refractivity contribution in [2.45, 2.75) is 0 Å². The minimum atomic E-state index is -1.25. The zero-order chi connectivity index (χ0) is 27.1. The minimum absolute atomic E-state index is 0.268. The van der Waals surface area contributed by atoms with Crippen LogP contribution in [0.1, 0.15) is 51.8 Å². The van der Waals surface area contributed by atoms with E-state index < -0.39 is 57.7 Å². The van der Waals surface area contributed by atoms with E-state index in [1.165, 1.54) is 30.4 Å². The molecule has 0 saturated heterocycles. The van der Waals surface area contributed by atoms with Crippen molar-refractivity contribution in [1.82, 2.24) is 0 Å². The summed E-state index contributed by atoms with van der Waals surface area (Å²) < 4.78 is 25.2. The van der Waals surface area contributed by atoms with Crippen molar-refractivity contribution in [3.63, 3.8) is 0 Å². The van der Waals surface area contributed by atoms with Crippen LogP contribution in [-0.4, -0.2) is 62.9 Å². The zero-order valence-corrected chi connectivity index (χ0v) is 19.6. The molecule has 10 heteroatoms. The van der Waals surface area contributed by atoms with Gasteiger partial charge in [0.05, 0.1) is 27.8 Å². The first kappa shape index (κ1) is 29.3. The highest BCUT2D eigenvalue weighted by Crippen LogP contribution is 2.28. The lowest BCUT2D eigenvalue weighted by Gasteiger charge is -2.18. The maximum atomic E-state index is 13.1. The van der Waals surface area contributed by atoms with Crippen LogP contribution in [0, 0.1) is 0 Å². The van der Waals surface area contributed by atoms with Crippen LogP contribution in [0.5, 0.6) is 0 Å². The summed E-state index contributed by atoms with van der Waals surface area (Å²) in [5.74, 6) is -5.89. The Kier molecular flexibility index (Phi) is 12.4. The van der Waals surface area contributed by atoms with Crippen LogP contribution in [0.15, 0.2) is 69.3 Å². The van der Waals surface area contributed by atoms with Crippen molar-refractivity contribution in [2.24, 2.45) is 0 Å². The fourth-order valence-corrected chi connectivity index (χ4v) is 2.68. The number of benzene rings is 1. The lowest BCUT2D eigenvalue weighted by atomic mass is 9.90. The molecule has 10 nitrogen and oxygen atoms in total. The third-order valence-electron chi connectivity index (χ3n) is 4.04. The Hall–Kier alpha value is -4.73. The second-order valence-corrected chi connectivity index (χ2v) is 6.53. The highest BCUT2D eigenvalue weighted by molar-refractivity contribution is 6.19. The fourth-order valence-electron chi connectivity index (χ4n) is 2.68. The van der Waals surface area contributed by atoms with Gasteiger partial charge in [0.2, 0.25) is 0 Å². The van der Waals surface area contributed by atoms with E-state index in [1.54, 1.807) is 0 Å². The fraction of sp³-hybridized carbons (Fsp3) is 0.192. The second-order valence-electron chi connectivity index (χ2n) is 6.53. The Bertz CT molecular complexity index is 1010. The molecule has 0 heterocycles. The van der Waals surface area contributed by atoms with E-state index in [1.807, 2.05) is 0 Å². The zero-order valence-electron chi connectivity index (χ0n) is 19.6. The summed E-state index contributed by atoms with van der Waals surface area (Å²) in [7, 11) is 0. The summed E-state index contributed by atoms with van der Waals surface area (Å²) in [5.41, 5.74) is -3.28. The molecule has 0 unspecified atom stereocenters. The molecule has 0 bridgehead atoms. The standard InChI is InChI=1S/C26H26O10/c1-6-11-32-22(27)17-16-18(23(28)33-12-7-2)20(25(30)35-14-9-4)21(26(31)36-15-10-5)19(17)24(29)34-13-8-3/h6-10,16H,1-5,11-15H2. The molecule has 0 aliphatic carbocycles. The van der Waals surface area contributed by atoms with Crippen molar-refractivity contribution in [3.05, 3.63) is 97.2 Å². The lowest BCUT2D eigenvalue weighted by molar-refractivity contribution is 0.0457. The number of rotatable bonds is 15. The van der Waals surface area contributed by atoms with Gasteiger partial charge in [-0.1, -0.05) is 63.3 Å². The molecule has 190 valence electrons. The van der Waals surface area contributed by atoms with Gasteiger partial charge >= 0.3 is 29.8 Å².